The van der Waals surface area contributed by atoms with E-state index in [9.17, 15) is 0 Å². The number of nitrogens with zero attached hydrogens (tertiary/aromatic N) is 1. The van der Waals surface area contributed by atoms with Crippen LogP contribution in [0.5, 0.6) is 0 Å². The maximum Gasteiger partial charge on any atom is 0.130 e. The monoisotopic (exact) mass is 289 g/mol. The van der Waals surface area contributed by atoms with Gasteiger partial charge in [0.25, 0.3) is 0 Å². The minimum absolute atomic E-state index is 0.153. The zero-order valence-electron chi connectivity index (χ0n) is 12.5. The van der Waals surface area contributed by atoms with Crippen molar-refractivity contribution in [3.05, 3.63) is 89.6 Å². The van der Waals surface area contributed by atoms with Crippen molar-refractivity contribution in [1.29, 1.82) is 0 Å². The molecule has 3 aromatic rings. The molecule has 0 aliphatic heterocycles. The molecular weight excluding hydrogens is 270 g/mol. The molecule has 0 saturated carbocycles. The molecule has 0 saturated heterocycles. The molecule has 1 aromatic heterocycles. The van der Waals surface area contributed by atoms with Crippen LogP contribution in [0.15, 0.2) is 72.9 Å². The van der Waals surface area contributed by atoms with Gasteiger partial charge in [-0.25, -0.2) is 4.98 Å². The number of rotatable bonds is 4. The molecule has 0 amide bonds. The predicted octanol–water partition coefficient (Wildman–Crippen LogP) is 4.18. The number of hydrogen-bond donors (Lipinski definition) is 2. The Labute approximate surface area is 130 Å². The van der Waals surface area contributed by atoms with E-state index in [0.29, 0.717) is 0 Å². The number of aromatic nitrogens is 1. The number of aryl methyl sites for hydroxylation is 1. The predicted molar refractivity (Wildman–Crippen MR) is 91.2 cm³/mol. The normalized spacial score (nSPS) is 11.9. The molecule has 0 unspecified atom stereocenters. The minimum atomic E-state index is -0.153. The summed E-state index contributed by atoms with van der Waals surface area (Å²) in [7, 11) is 0. The molecule has 2 aromatic carbocycles. The summed E-state index contributed by atoms with van der Waals surface area (Å²) >= 11 is 0. The number of pyridine rings is 1. The van der Waals surface area contributed by atoms with E-state index >= 15 is 0 Å². The molecule has 22 heavy (non-hydrogen) atoms. The van der Waals surface area contributed by atoms with Crippen molar-refractivity contribution in [3.8, 4) is 0 Å². The van der Waals surface area contributed by atoms with Gasteiger partial charge < -0.3 is 11.1 Å². The Morgan fingerprint density at radius 1 is 0.955 bits per heavy atom. The molecule has 0 aliphatic rings. The van der Waals surface area contributed by atoms with Crippen molar-refractivity contribution >= 4 is 11.5 Å². The first-order chi connectivity index (χ1) is 10.7. The van der Waals surface area contributed by atoms with Crippen molar-refractivity contribution < 1.29 is 0 Å². The zero-order valence-corrected chi connectivity index (χ0v) is 12.5. The summed E-state index contributed by atoms with van der Waals surface area (Å²) in [4.78, 5) is 4.49. The first kappa shape index (κ1) is 14.3. The van der Waals surface area contributed by atoms with Crippen molar-refractivity contribution in [2.45, 2.75) is 13.0 Å². The Morgan fingerprint density at radius 2 is 1.59 bits per heavy atom. The maximum atomic E-state index is 6.36. The van der Waals surface area contributed by atoms with Gasteiger partial charge >= 0.3 is 0 Å². The molecule has 3 heteroatoms. The topological polar surface area (TPSA) is 50.9 Å². The third kappa shape index (κ3) is 3.15. The highest BCUT2D eigenvalue weighted by molar-refractivity contribution is 5.57. The van der Waals surface area contributed by atoms with Crippen molar-refractivity contribution in [3.63, 3.8) is 0 Å². The Morgan fingerprint density at radius 3 is 2.23 bits per heavy atom. The second-order valence-electron chi connectivity index (χ2n) is 5.31. The summed E-state index contributed by atoms with van der Waals surface area (Å²) in [5.74, 6) is 0.827. The van der Waals surface area contributed by atoms with Gasteiger partial charge in [0, 0.05) is 11.9 Å². The second-order valence-corrected chi connectivity index (χ2v) is 5.31. The quantitative estimate of drug-likeness (QED) is 0.757. The van der Waals surface area contributed by atoms with Crippen LogP contribution in [-0.4, -0.2) is 4.98 Å². The highest BCUT2D eigenvalue weighted by Crippen LogP contribution is 2.24. The SMILES string of the molecule is Cc1cc(Nc2ccccc2)ncc1[C@H](N)c1ccccc1. The van der Waals surface area contributed by atoms with Crippen LogP contribution in [0.1, 0.15) is 22.7 Å². The first-order valence-corrected chi connectivity index (χ1v) is 7.33. The van der Waals surface area contributed by atoms with Gasteiger partial charge in [0.05, 0.1) is 6.04 Å². The van der Waals surface area contributed by atoms with Gasteiger partial charge in [0.1, 0.15) is 5.82 Å². The summed E-state index contributed by atoms with van der Waals surface area (Å²) in [6.07, 6.45) is 1.86. The lowest BCUT2D eigenvalue weighted by Gasteiger charge is -2.16. The Bertz CT molecular complexity index is 739. The van der Waals surface area contributed by atoms with Crippen LogP contribution in [0.3, 0.4) is 0 Å². The van der Waals surface area contributed by atoms with Crippen LogP contribution in [0.2, 0.25) is 0 Å². The molecule has 3 rings (SSSR count). The maximum absolute atomic E-state index is 6.36. The van der Waals surface area contributed by atoms with Crippen LogP contribution in [0, 0.1) is 6.92 Å². The van der Waals surface area contributed by atoms with E-state index in [0.717, 1.165) is 28.2 Å². The lowest BCUT2D eigenvalue weighted by atomic mass is 9.97. The van der Waals surface area contributed by atoms with Gasteiger partial charge in [-0.3, -0.25) is 0 Å². The number of nitrogens with one attached hydrogen (secondary N) is 1. The molecule has 0 aliphatic carbocycles. The highest BCUT2D eigenvalue weighted by atomic mass is 15.0. The average Bonchev–Trinajstić information content (AvgIpc) is 2.56. The summed E-state index contributed by atoms with van der Waals surface area (Å²) in [6, 6.07) is 22.0. The summed E-state index contributed by atoms with van der Waals surface area (Å²) < 4.78 is 0. The van der Waals surface area contributed by atoms with Gasteiger partial charge in [-0.1, -0.05) is 48.5 Å². The van der Waals surface area contributed by atoms with Crippen LogP contribution < -0.4 is 11.1 Å². The lowest BCUT2D eigenvalue weighted by Crippen LogP contribution is -2.13. The van der Waals surface area contributed by atoms with E-state index in [2.05, 4.69) is 17.2 Å². The number of nitrogens with two attached hydrogens (primary N) is 1. The average molecular weight is 289 g/mol. The van der Waals surface area contributed by atoms with Gasteiger partial charge in [0.2, 0.25) is 0 Å². The Kier molecular flexibility index (Phi) is 4.17. The van der Waals surface area contributed by atoms with E-state index in [-0.39, 0.29) is 6.04 Å². The summed E-state index contributed by atoms with van der Waals surface area (Å²) in [5.41, 5.74) is 10.7. The van der Waals surface area contributed by atoms with Crippen LogP contribution in [0.4, 0.5) is 11.5 Å². The van der Waals surface area contributed by atoms with E-state index in [1.54, 1.807) is 0 Å². The lowest BCUT2D eigenvalue weighted by molar-refractivity contribution is 0.853. The van der Waals surface area contributed by atoms with E-state index in [4.69, 9.17) is 5.73 Å². The van der Waals surface area contributed by atoms with Crippen LogP contribution >= 0.6 is 0 Å². The largest absolute Gasteiger partial charge is 0.340 e. The molecule has 1 heterocycles. The molecular formula is C19H19N3. The zero-order chi connectivity index (χ0) is 15.4. The molecule has 1 atom stereocenters. The van der Waals surface area contributed by atoms with Crippen molar-refractivity contribution in [2.75, 3.05) is 5.32 Å². The third-order valence-corrected chi connectivity index (χ3v) is 3.69. The highest BCUT2D eigenvalue weighted by Gasteiger charge is 2.12. The van der Waals surface area contributed by atoms with Gasteiger partial charge in [-0.05, 0) is 41.8 Å². The smallest absolute Gasteiger partial charge is 0.130 e. The third-order valence-electron chi connectivity index (χ3n) is 3.69. The molecule has 3 N–H and O–H groups in total. The number of hydrogen-bond acceptors (Lipinski definition) is 3. The molecule has 0 bridgehead atoms. The van der Waals surface area contributed by atoms with Crippen LogP contribution in [-0.2, 0) is 0 Å². The number of para-hydroxylation sites is 1. The van der Waals surface area contributed by atoms with Crippen molar-refractivity contribution in [1.82, 2.24) is 4.98 Å². The fourth-order valence-electron chi connectivity index (χ4n) is 2.47. The molecule has 0 fully saturated rings. The number of benzene rings is 2. The molecule has 3 nitrogen and oxygen atoms in total. The van der Waals surface area contributed by atoms with Gasteiger partial charge in [-0.15, -0.1) is 0 Å². The molecule has 110 valence electrons. The van der Waals surface area contributed by atoms with E-state index in [1.165, 1.54) is 0 Å². The standard InChI is InChI=1S/C19H19N3/c1-14-12-18(22-16-10-6-3-7-11-16)21-13-17(14)19(20)15-8-4-2-5-9-15/h2-13,19H,20H2,1H3,(H,21,22)/t19-/m1/s1. The minimum Gasteiger partial charge on any atom is -0.340 e. The first-order valence-electron chi connectivity index (χ1n) is 7.33. The summed E-state index contributed by atoms with van der Waals surface area (Å²) in [6.45, 7) is 2.07. The Hall–Kier alpha value is -2.65. The Balaban J connectivity index is 1.83. The summed E-state index contributed by atoms with van der Waals surface area (Å²) in [5, 5.41) is 3.30. The van der Waals surface area contributed by atoms with Crippen molar-refractivity contribution in [2.24, 2.45) is 5.73 Å². The molecule has 0 spiro atoms. The van der Waals surface area contributed by atoms with E-state index < -0.39 is 0 Å². The second kappa shape index (κ2) is 6.41. The fourth-order valence-corrected chi connectivity index (χ4v) is 2.47. The van der Waals surface area contributed by atoms with Crippen LogP contribution in [0.25, 0.3) is 0 Å². The molecule has 0 radical (unpaired) electrons. The fraction of sp³-hybridized carbons (Fsp3) is 0.105. The number of anilines is 2. The van der Waals surface area contributed by atoms with E-state index in [1.807, 2.05) is 72.9 Å². The van der Waals surface area contributed by atoms with Gasteiger partial charge in [0.15, 0.2) is 0 Å². The van der Waals surface area contributed by atoms with Gasteiger partial charge in [-0.2, -0.15) is 0 Å².